The third-order valence-corrected chi connectivity index (χ3v) is 3.74. The summed E-state index contributed by atoms with van der Waals surface area (Å²) < 4.78 is 0. The Balaban J connectivity index is 2.35. The lowest BCUT2D eigenvalue weighted by atomic mass is 9.99. The SMILES string of the molecule is O=C(O)Cc1c2c(nc3c(Cl)cccc13)CCC2. The number of hydrogen-bond donors (Lipinski definition) is 1. The van der Waals surface area contributed by atoms with Crippen LogP contribution in [0, 0.1) is 0 Å². The molecule has 1 aliphatic carbocycles. The standard InChI is InChI=1S/C14H12ClNO2/c15-11-5-1-4-9-10(7-13(17)18)8-3-2-6-12(8)16-14(9)11/h1,4-5H,2-3,6-7H2,(H,17,18). The van der Waals surface area contributed by atoms with Gasteiger partial charge in [0, 0.05) is 11.1 Å². The average molecular weight is 262 g/mol. The fourth-order valence-electron chi connectivity index (χ4n) is 2.70. The number of nitrogens with zero attached hydrogens (tertiary/aromatic N) is 1. The molecule has 0 aliphatic heterocycles. The van der Waals surface area contributed by atoms with Crippen LogP contribution in [0.4, 0.5) is 0 Å². The molecule has 1 aromatic carbocycles. The second-order valence-corrected chi connectivity index (χ2v) is 4.98. The summed E-state index contributed by atoms with van der Waals surface area (Å²) in [7, 11) is 0. The molecule has 1 heterocycles. The largest absolute Gasteiger partial charge is 0.481 e. The van der Waals surface area contributed by atoms with E-state index in [1.807, 2.05) is 12.1 Å². The Morgan fingerprint density at radius 2 is 2.22 bits per heavy atom. The monoisotopic (exact) mass is 261 g/mol. The van der Waals surface area contributed by atoms with Crippen LogP contribution in [0.1, 0.15) is 23.2 Å². The smallest absolute Gasteiger partial charge is 0.307 e. The lowest BCUT2D eigenvalue weighted by Gasteiger charge is -2.11. The van der Waals surface area contributed by atoms with Crippen LogP contribution in [0.15, 0.2) is 18.2 Å². The minimum absolute atomic E-state index is 0.0433. The number of aromatic nitrogens is 1. The van der Waals surface area contributed by atoms with Crippen LogP contribution in [0.3, 0.4) is 0 Å². The quantitative estimate of drug-likeness (QED) is 0.904. The fourth-order valence-corrected chi connectivity index (χ4v) is 2.92. The summed E-state index contributed by atoms with van der Waals surface area (Å²) in [5, 5.41) is 10.5. The van der Waals surface area contributed by atoms with Crippen LogP contribution in [-0.4, -0.2) is 16.1 Å². The van der Waals surface area contributed by atoms with Gasteiger partial charge in [0.15, 0.2) is 0 Å². The maximum Gasteiger partial charge on any atom is 0.307 e. The molecule has 92 valence electrons. The van der Waals surface area contributed by atoms with Crippen molar-refractivity contribution in [1.82, 2.24) is 4.98 Å². The molecule has 4 heteroatoms. The minimum Gasteiger partial charge on any atom is -0.481 e. The molecule has 0 atom stereocenters. The zero-order valence-electron chi connectivity index (χ0n) is 9.74. The van der Waals surface area contributed by atoms with E-state index in [2.05, 4.69) is 4.98 Å². The van der Waals surface area contributed by atoms with Crippen molar-refractivity contribution in [2.45, 2.75) is 25.7 Å². The topological polar surface area (TPSA) is 50.2 Å². The van der Waals surface area contributed by atoms with Crippen molar-refractivity contribution < 1.29 is 9.90 Å². The van der Waals surface area contributed by atoms with Gasteiger partial charge in [-0.15, -0.1) is 0 Å². The minimum atomic E-state index is -0.809. The number of benzene rings is 1. The molecule has 0 amide bonds. The number of hydrogen-bond acceptors (Lipinski definition) is 2. The van der Waals surface area contributed by atoms with Crippen LogP contribution < -0.4 is 0 Å². The van der Waals surface area contributed by atoms with Crippen molar-refractivity contribution in [2.75, 3.05) is 0 Å². The first-order valence-corrected chi connectivity index (χ1v) is 6.35. The highest BCUT2D eigenvalue weighted by molar-refractivity contribution is 6.35. The van der Waals surface area contributed by atoms with E-state index in [4.69, 9.17) is 16.7 Å². The van der Waals surface area contributed by atoms with E-state index in [-0.39, 0.29) is 6.42 Å². The number of pyridine rings is 1. The second-order valence-electron chi connectivity index (χ2n) is 4.58. The maximum atomic E-state index is 11.0. The molecule has 0 radical (unpaired) electrons. The number of para-hydroxylation sites is 1. The van der Waals surface area contributed by atoms with Crippen LogP contribution in [-0.2, 0) is 24.1 Å². The van der Waals surface area contributed by atoms with Gasteiger partial charge in [0.25, 0.3) is 0 Å². The summed E-state index contributed by atoms with van der Waals surface area (Å²) in [4.78, 5) is 15.6. The third kappa shape index (κ3) is 1.75. The second kappa shape index (κ2) is 4.25. The van der Waals surface area contributed by atoms with E-state index in [0.29, 0.717) is 5.02 Å². The lowest BCUT2D eigenvalue weighted by molar-refractivity contribution is -0.136. The van der Waals surface area contributed by atoms with E-state index in [0.717, 1.165) is 47.0 Å². The molecule has 0 unspecified atom stereocenters. The van der Waals surface area contributed by atoms with Gasteiger partial charge in [0.1, 0.15) is 0 Å². The molecule has 3 rings (SSSR count). The number of halogens is 1. The van der Waals surface area contributed by atoms with Gasteiger partial charge in [-0.1, -0.05) is 23.7 Å². The summed E-state index contributed by atoms with van der Waals surface area (Å²) in [6.07, 6.45) is 2.93. The van der Waals surface area contributed by atoms with Gasteiger partial charge in [-0.05, 0) is 36.5 Å². The highest BCUT2D eigenvalue weighted by atomic mass is 35.5. The average Bonchev–Trinajstić information content (AvgIpc) is 2.78. The van der Waals surface area contributed by atoms with Gasteiger partial charge >= 0.3 is 5.97 Å². The van der Waals surface area contributed by atoms with E-state index < -0.39 is 5.97 Å². The Hall–Kier alpha value is -1.61. The molecule has 1 aromatic heterocycles. The van der Waals surface area contributed by atoms with Gasteiger partial charge < -0.3 is 5.11 Å². The first-order chi connectivity index (χ1) is 8.66. The Kier molecular flexibility index (Phi) is 2.71. The summed E-state index contributed by atoms with van der Waals surface area (Å²) in [6.45, 7) is 0. The number of carbonyl (C=O) groups is 1. The zero-order valence-corrected chi connectivity index (χ0v) is 10.5. The van der Waals surface area contributed by atoms with Crippen molar-refractivity contribution in [2.24, 2.45) is 0 Å². The predicted octanol–water partition coefficient (Wildman–Crippen LogP) is 3.00. The summed E-state index contributed by atoms with van der Waals surface area (Å²) >= 11 is 6.16. The lowest BCUT2D eigenvalue weighted by Crippen LogP contribution is -2.06. The molecule has 0 saturated heterocycles. The molecule has 0 bridgehead atoms. The predicted molar refractivity (Wildman–Crippen MR) is 70.1 cm³/mol. The van der Waals surface area contributed by atoms with Crippen LogP contribution >= 0.6 is 11.6 Å². The van der Waals surface area contributed by atoms with Crippen LogP contribution in [0.5, 0.6) is 0 Å². The molecule has 3 nitrogen and oxygen atoms in total. The first kappa shape index (κ1) is 11.5. The summed E-state index contributed by atoms with van der Waals surface area (Å²) in [5.74, 6) is -0.809. The molecule has 1 aliphatic rings. The number of rotatable bonds is 2. The highest BCUT2D eigenvalue weighted by Crippen LogP contribution is 2.33. The van der Waals surface area contributed by atoms with Crippen molar-refractivity contribution in [3.63, 3.8) is 0 Å². The molecule has 2 aromatic rings. The number of carboxylic acids is 1. The van der Waals surface area contributed by atoms with E-state index in [1.54, 1.807) is 6.07 Å². The Bertz CT molecular complexity index is 652. The van der Waals surface area contributed by atoms with Gasteiger partial charge in [-0.25, -0.2) is 0 Å². The van der Waals surface area contributed by atoms with Gasteiger partial charge in [-0.2, -0.15) is 0 Å². The van der Waals surface area contributed by atoms with E-state index >= 15 is 0 Å². The Morgan fingerprint density at radius 3 is 3.00 bits per heavy atom. The number of fused-ring (bicyclic) bond motifs is 2. The number of aliphatic carboxylic acids is 1. The van der Waals surface area contributed by atoms with Crippen molar-refractivity contribution in [3.05, 3.63) is 40.0 Å². The van der Waals surface area contributed by atoms with Gasteiger partial charge in [0.05, 0.1) is 17.0 Å². The third-order valence-electron chi connectivity index (χ3n) is 3.44. The van der Waals surface area contributed by atoms with Crippen molar-refractivity contribution >= 4 is 28.5 Å². The zero-order chi connectivity index (χ0) is 12.7. The molecule has 18 heavy (non-hydrogen) atoms. The fraction of sp³-hybridized carbons (Fsp3) is 0.286. The van der Waals surface area contributed by atoms with E-state index in [1.165, 1.54) is 0 Å². The van der Waals surface area contributed by atoms with Crippen LogP contribution in [0.25, 0.3) is 10.9 Å². The van der Waals surface area contributed by atoms with Crippen molar-refractivity contribution in [1.29, 1.82) is 0 Å². The molecular weight excluding hydrogens is 250 g/mol. The normalized spacial score (nSPS) is 13.8. The Labute approximate surface area is 109 Å². The van der Waals surface area contributed by atoms with Crippen molar-refractivity contribution in [3.8, 4) is 0 Å². The van der Waals surface area contributed by atoms with Gasteiger partial charge in [-0.3, -0.25) is 9.78 Å². The maximum absolute atomic E-state index is 11.0. The number of aryl methyl sites for hydroxylation is 1. The Morgan fingerprint density at radius 1 is 1.39 bits per heavy atom. The molecule has 0 spiro atoms. The van der Waals surface area contributed by atoms with Crippen LogP contribution in [0.2, 0.25) is 5.02 Å². The van der Waals surface area contributed by atoms with Gasteiger partial charge in [0.2, 0.25) is 0 Å². The van der Waals surface area contributed by atoms with E-state index in [9.17, 15) is 4.79 Å². The molecule has 0 fully saturated rings. The molecule has 0 saturated carbocycles. The number of carboxylic acid groups (broad SMARTS) is 1. The highest BCUT2D eigenvalue weighted by Gasteiger charge is 2.21. The molecule has 1 N–H and O–H groups in total. The first-order valence-electron chi connectivity index (χ1n) is 5.97. The summed E-state index contributed by atoms with van der Waals surface area (Å²) in [6, 6.07) is 5.55. The molecular formula is C14H12ClNO2. The summed E-state index contributed by atoms with van der Waals surface area (Å²) in [5.41, 5.74) is 3.76.